The van der Waals surface area contributed by atoms with Crippen molar-refractivity contribution in [3.05, 3.63) is 71.0 Å². The van der Waals surface area contributed by atoms with Gasteiger partial charge in [-0.05, 0) is 38.1 Å². The van der Waals surface area contributed by atoms with Crippen LogP contribution in [0.2, 0.25) is 0 Å². The molecule has 0 aliphatic rings. The van der Waals surface area contributed by atoms with Gasteiger partial charge in [-0.1, -0.05) is 11.2 Å². The maximum atomic E-state index is 12.4. The van der Waals surface area contributed by atoms with E-state index in [1.807, 2.05) is 32.0 Å². The summed E-state index contributed by atoms with van der Waals surface area (Å²) in [6.07, 6.45) is 3.32. The second-order valence-electron chi connectivity index (χ2n) is 5.34. The molecule has 0 aliphatic heterocycles. The molecule has 25 heavy (non-hydrogen) atoms. The average Bonchev–Trinajstić information content (AvgIpc) is 2.97. The van der Waals surface area contributed by atoms with Crippen LogP contribution in [-0.2, 0) is 17.1 Å². The summed E-state index contributed by atoms with van der Waals surface area (Å²) in [6.45, 7) is 3.89. The van der Waals surface area contributed by atoms with E-state index < -0.39 is 5.97 Å². The van der Waals surface area contributed by atoms with E-state index in [1.54, 1.807) is 24.5 Å². The summed E-state index contributed by atoms with van der Waals surface area (Å²) >= 11 is 1.46. The van der Waals surface area contributed by atoms with Crippen LogP contribution >= 0.6 is 11.8 Å². The van der Waals surface area contributed by atoms with Gasteiger partial charge in [0.05, 0.1) is 17.0 Å². The second kappa shape index (κ2) is 7.94. The summed E-state index contributed by atoms with van der Waals surface area (Å²) in [5.41, 5.74) is 3.00. The van der Waals surface area contributed by atoms with Crippen molar-refractivity contribution in [2.24, 2.45) is 0 Å². The predicted molar refractivity (Wildman–Crippen MR) is 93.1 cm³/mol. The van der Waals surface area contributed by atoms with Gasteiger partial charge in [-0.15, -0.1) is 11.8 Å². The quantitative estimate of drug-likeness (QED) is 0.492. The molecular formula is C18H17N3O3S. The second-order valence-corrected chi connectivity index (χ2v) is 6.31. The molecule has 7 heteroatoms. The third kappa shape index (κ3) is 4.24. The maximum absolute atomic E-state index is 12.4. The van der Waals surface area contributed by atoms with Crippen LogP contribution in [0.15, 0.2) is 52.3 Å². The molecule has 0 unspecified atom stereocenters. The summed E-state index contributed by atoms with van der Waals surface area (Å²) in [4.78, 5) is 20.8. The molecule has 3 rings (SSSR count). The number of aromatic nitrogens is 3. The van der Waals surface area contributed by atoms with Crippen LogP contribution < -0.4 is 0 Å². The molecule has 3 heterocycles. The molecule has 0 amide bonds. The van der Waals surface area contributed by atoms with Crippen molar-refractivity contribution < 1.29 is 14.1 Å². The standard InChI is InChI=1S/C18H17N3O3S/c1-12-16(13(2)24-21-12)11-25-17-15(7-5-9-20-17)18(22)23-10-14-6-3-4-8-19-14/h3-9H,10-11H2,1-2H3. The number of esters is 1. The molecule has 6 nitrogen and oxygen atoms in total. The smallest absolute Gasteiger partial charge is 0.341 e. The van der Waals surface area contributed by atoms with Gasteiger partial charge in [0.15, 0.2) is 0 Å². The number of thioether (sulfide) groups is 1. The van der Waals surface area contributed by atoms with Crippen LogP contribution in [0.3, 0.4) is 0 Å². The zero-order chi connectivity index (χ0) is 17.6. The first-order chi connectivity index (χ1) is 12.1. The lowest BCUT2D eigenvalue weighted by atomic mass is 10.2. The number of carbonyl (C=O) groups is 1. The highest BCUT2D eigenvalue weighted by atomic mass is 32.2. The number of nitrogens with zero attached hydrogens (tertiary/aromatic N) is 3. The van der Waals surface area contributed by atoms with E-state index in [1.165, 1.54) is 11.8 Å². The minimum atomic E-state index is -0.417. The zero-order valence-corrected chi connectivity index (χ0v) is 14.7. The molecule has 0 radical (unpaired) electrons. The van der Waals surface area contributed by atoms with Crippen molar-refractivity contribution in [2.45, 2.75) is 31.2 Å². The van der Waals surface area contributed by atoms with Gasteiger partial charge in [-0.2, -0.15) is 0 Å². The summed E-state index contributed by atoms with van der Waals surface area (Å²) in [5.74, 6) is 0.985. The van der Waals surface area contributed by atoms with Crippen LogP contribution in [-0.4, -0.2) is 21.1 Å². The molecular weight excluding hydrogens is 338 g/mol. The Morgan fingerprint density at radius 2 is 2.00 bits per heavy atom. The molecule has 0 fully saturated rings. The molecule has 0 aromatic carbocycles. The Labute approximate surface area is 149 Å². The summed E-state index contributed by atoms with van der Waals surface area (Å²) < 4.78 is 10.5. The molecule has 128 valence electrons. The van der Waals surface area contributed by atoms with Crippen molar-refractivity contribution in [3.8, 4) is 0 Å². The minimum absolute atomic E-state index is 0.128. The minimum Gasteiger partial charge on any atom is -0.456 e. The molecule has 0 saturated heterocycles. The van der Waals surface area contributed by atoms with Crippen LogP contribution in [0.1, 0.15) is 33.1 Å². The first kappa shape index (κ1) is 17.2. The Morgan fingerprint density at radius 1 is 1.16 bits per heavy atom. The van der Waals surface area contributed by atoms with E-state index in [0.29, 0.717) is 22.0 Å². The van der Waals surface area contributed by atoms with Crippen molar-refractivity contribution >= 4 is 17.7 Å². The Bertz CT molecular complexity index is 846. The van der Waals surface area contributed by atoms with Crippen molar-refractivity contribution in [1.82, 2.24) is 15.1 Å². The van der Waals surface area contributed by atoms with Crippen molar-refractivity contribution in [2.75, 3.05) is 0 Å². The number of hydrogen-bond acceptors (Lipinski definition) is 7. The maximum Gasteiger partial charge on any atom is 0.341 e. The normalized spacial score (nSPS) is 10.6. The van der Waals surface area contributed by atoms with Gasteiger partial charge in [-0.3, -0.25) is 4.98 Å². The Kier molecular flexibility index (Phi) is 5.45. The lowest BCUT2D eigenvalue weighted by Gasteiger charge is -2.08. The molecule has 3 aromatic heterocycles. The van der Waals surface area contributed by atoms with Crippen LogP contribution in [0.4, 0.5) is 0 Å². The van der Waals surface area contributed by atoms with E-state index in [-0.39, 0.29) is 6.61 Å². The zero-order valence-electron chi connectivity index (χ0n) is 13.9. The molecule has 0 saturated carbocycles. The van der Waals surface area contributed by atoms with E-state index >= 15 is 0 Å². The van der Waals surface area contributed by atoms with Crippen molar-refractivity contribution in [1.29, 1.82) is 0 Å². The van der Waals surface area contributed by atoms with Crippen molar-refractivity contribution in [3.63, 3.8) is 0 Å². The highest BCUT2D eigenvalue weighted by Crippen LogP contribution is 2.27. The number of rotatable bonds is 6. The fourth-order valence-electron chi connectivity index (χ4n) is 2.21. The third-order valence-corrected chi connectivity index (χ3v) is 4.63. The Hall–Kier alpha value is -2.67. The molecule has 0 N–H and O–H groups in total. The Balaban J connectivity index is 1.69. The van der Waals surface area contributed by atoms with Gasteiger partial charge < -0.3 is 9.26 Å². The lowest BCUT2D eigenvalue weighted by Crippen LogP contribution is -2.08. The first-order valence-electron chi connectivity index (χ1n) is 7.71. The van der Waals surface area contributed by atoms with Gasteiger partial charge in [0.25, 0.3) is 0 Å². The molecule has 0 bridgehead atoms. The first-order valence-corrected chi connectivity index (χ1v) is 8.70. The van der Waals surface area contributed by atoms with Gasteiger partial charge in [0, 0.05) is 23.7 Å². The fraction of sp³-hybridized carbons (Fsp3) is 0.222. The number of aryl methyl sites for hydroxylation is 2. The highest BCUT2D eigenvalue weighted by molar-refractivity contribution is 7.98. The summed E-state index contributed by atoms with van der Waals surface area (Å²) in [6, 6.07) is 8.91. The summed E-state index contributed by atoms with van der Waals surface area (Å²) in [7, 11) is 0. The summed E-state index contributed by atoms with van der Waals surface area (Å²) in [5, 5.41) is 4.56. The van der Waals surface area contributed by atoms with E-state index in [9.17, 15) is 4.79 Å². The topological polar surface area (TPSA) is 78.1 Å². The number of ether oxygens (including phenoxy) is 1. The lowest BCUT2D eigenvalue weighted by molar-refractivity contribution is 0.0462. The van der Waals surface area contributed by atoms with E-state index in [4.69, 9.17) is 9.26 Å². The van der Waals surface area contributed by atoms with Crippen LogP contribution in [0, 0.1) is 13.8 Å². The number of hydrogen-bond donors (Lipinski definition) is 0. The molecule has 0 spiro atoms. The van der Waals surface area contributed by atoms with Gasteiger partial charge in [0.1, 0.15) is 17.4 Å². The van der Waals surface area contributed by atoms with Crippen LogP contribution in [0.5, 0.6) is 0 Å². The van der Waals surface area contributed by atoms with Gasteiger partial charge >= 0.3 is 5.97 Å². The third-order valence-electron chi connectivity index (χ3n) is 3.60. The highest BCUT2D eigenvalue weighted by Gasteiger charge is 2.16. The number of pyridine rings is 2. The Morgan fingerprint density at radius 3 is 2.72 bits per heavy atom. The molecule has 0 aliphatic carbocycles. The average molecular weight is 355 g/mol. The SMILES string of the molecule is Cc1noc(C)c1CSc1ncccc1C(=O)OCc1ccccn1. The largest absolute Gasteiger partial charge is 0.456 e. The predicted octanol–water partition coefficient (Wildman–Crippen LogP) is 3.73. The van der Waals surface area contributed by atoms with Crippen LogP contribution in [0.25, 0.3) is 0 Å². The van der Waals surface area contributed by atoms with E-state index in [2.05, 4.69) is 15.1 Å². The molecule has 3 aromatic rings. The number of carbonyl (C=O) groups excluding carboxylic acids is 1. The molecule has 0 atom stereocenters. The van der Waals surface area contributed by atoms with Gasteiger partial charge in [-0.25, -0.2) is 9.78 Å². The van der Waals surface area contributed by atoms with E-state index in [0.717, 1.165) is 17.0 Å². The fourth-order valence-corrected chi connectivity index (χ4v) is 3.35. The van der Waals surface area contributed by atoms with Gasteiger partial charge in [0.2, 0.25) is 0 Å². The monoisotopic (exact) mass is 355 g/mol.